The molecule has 24 heavy (non-hydrogen) atoms. The third kappa shape index (κ3) is 3.75. The van der Waals surface area contributed by atoms with E-state index >= 15 is 0 Å². The number of H-pyrrole nitrogens is 1. The summed E-state index contributed by atoms with van der Waals surface area (Å²) in [5.41, 5.74) is 4.83. The highest BCUT2D eigenvalue weighted by atomic mass is 16.1. The SMILES string of the molecule is Cc1n[nH]c(C)c1C=CC(=O)c1ccc(N2CCCCCC2)cc1. The van der Waals surface area contributed by atoms with Gasteiger partial charge in [0.2, 0.25) is 0 Å². The van der Waals surface area contributed by atoms with Gasteiger partial charge in [-0.15, -0.1) is 0 Å². The lowest BCUT2D eigenvalue weighted by molar-refractivity contribution is 0.104. The van der Waals surface area contributed by atoms with Crippen LogP contribution in [0.15, 0.2) is 30.3 Å². The van der Waals surface area contributed by atoms with E-state index in [1.807, 2.05) is 32.1 Å². The third-order valence-corrected chi connectivity index (χ3v) is 4.71. The molecule has 0 atom stereocenters. The van der Waals surface area contributed by atoms with Crippen LogP contribution < -0.4 is 4.90 Å². The Morgan fingerprint density at radius 1 is 1.08 bits per heavy atom. The first-order valence-electron chi connectivity index (χ1n) is 8.74. The van der Waals surface area contributed by atoms with E-state index in [0.29, 0.717) is 0 Å². The number of carbonyl (C=O) groups excluding carboxylic acids is 1. The standard InChI is InChI=1S/C20H25N3O/c1-15-19(16(2)22-21-15)11-12-20(24)17-7-9-18(10-8-17)23-13-5-3-4-6-14-23/h7-12H,3-6,13-14H2,1-2H3,(H,21,22). The summed E-state index contributed by atoms with van der Waals surface area (Å²) in [5, 5.41) is 7.08. The molecule has 0 aliphatic carbocycles. The molecule has 1 aliphatic heterocycles. The van der Waals surface area contributed by atoms with Crippen LogP contribution in [0, 0.1) is 13.8 Å². The van der Waals surface area contributed by atoms with E-state index in [1.54, 1.807) is 6.08 Å². The maximum Gasteiger partial charge on any atom is 0.185 e. The van der Waals surface area contributed by atoms with Crippen molar-refractivity contribution in [1.82, 2.24) is 10.2 Å². The Bertz CT molecular complexity index is 700. The maximum absolute atomic E-state index is 12.4. The van der Waals surface area contributed by atoms with Crippen LogP contribution in [0.3, 0.4) is 0 Å². The van der Waals surface area contributed by atoms with Crippen molar-refractivity contribution in [2.45, 2.75) is 39.5 Å². The topological polar surface area (TPSA) is 49.0 Å². The molecule has 0 unspecified atom stereocenters. The van der Waals surface area contributed by atoms with Crippen LogP contribution >= 0.6 is 0 Å². The van der Waals surface area contributed by atoms with Gasteiger partial charge in [0, 0.05) is 35.6 Å². The van der Waals surface area contributed by atoms with Crippen LogP contribution in [-0.4, -0.2) is 29.1 Å². The smallest absolute Gasteiger partial charge is 0.185 e. The van der Waals surface area contributed by atoms with Crippen molar-refractivity contribution in [2.24, 2.45) is 0 Å². The fourth-order valence-corrected chi connectivity index (χ4v) is 3.23. The van der Waals surface area contributed by atoms with Crippen LogP contribution in [0.5, 0.6) is 0 Å². The highest BCUT2D eigenvalue weighted by Gasteiger charge is 2.11. The molecule has 0 radical (unpaired) electrons. The van der Waals surface area contributed by atoms with E-state index in [0.717, 1.165) is 35.6 Å². The molecule has 0 amide bonds. The molecule has 0 bridgehead atoms. The first-order chi connectivity index (χ1) is 11.6. The van der Waals surface area contributed by atoms with Crippen molar-refractivity contribution in [3.8, 4) is 0 Å². The van der Waals surface area contributed by atoms with Gasteiger partial charge in [-0.1, -0.05) is 12.8 Å². The van der Waals surface area contributed by atoms with Crippen LogP contribution in [0.25, 0.3) is 6.08 Å². The van der Waals surface area contributed by atoms with E-state index in [4.69, 9.17) is 0 Å². The molecule has 2 heterocycles. The normalized spacial score (nSPS) is 15.7. The van der Waals surface area contributed by atoms with E-state index in [9.17, 15) is 4.79 Å². The predicted molar refractivity (Wildman–Crippen MR) is 98.5 cm³/mol. The van der Waals surface area contributed by atoms with Gasteiger partial charge in [0.05, 0.1) is 5.69 Å². The fourth-order valence-electron chi connectivity index (χ4n) is 3.23. The number of rotatable bonds is 4. The van der Waals surface area contributed by atoms with Gasteiger partial charge in [-0.05, 0) is 63.1 Å². The number of nitrogens with one attached hydrogen (secondary N) is 1. The number of aromatic nitrogens is 2. The summed E-state index contributed by atoms with van der Waals surface area (Å²) in [6.07, 6.45) is 8.64. The van der Waals surface area contributed by atoms with Gasteiger partial charge in [0.15, 0.2) is 5.78 Å². The molecular weight excluding hydrogens is 298 g/mol. The molecule has 1 saturated heterocycles. The molecule has 1 aliphatic rings. The molecule has 1 aromatic carbocycles. The van der Waals surface area contributed by atoms with E-state index < -0.39 is 0 Å². The molecule has 4 heteroatoms. The Hall–Kier alpha value is -2.36. The molecule has 1 aromatic heterocycles. The summed E-state index contributed by atoms with van der Waals surface area (Å²) in [6.45, 7) is 6.13. The average molecular weight is 323 g/mol. The zero-order valence-electron chi connectivity index (χ0n) is 14.5. The number of ketones is 1. The van der Waals surface area contributed by atoms with E-state index in [2.05, 4.69) is 27.2 Å². The lowest BCUT2D eigenvalue weighted by Gasteiger charge is -2.22. The quantitative estimate of drug-likeness (QED) is 0.674. The first-order valence-corrected chi connectivity index (χ1v) is 8.74. The van der Waals surface area contributed by atoms with E-state index in [-0.39, 0.29) is 5.78 Å². The Morgan fingerprint density at radius 2 is 1.75 bits per heavy atom. The number of hydrogen-bond donors (Lipinski definition) is 1. The van der Waals surface area contributed by atoms with Gasteiger partial charge < -0.3 is 4.90 Å². The first kappa shape index (κ1) is 16.5. The number of nitrogens with zero attached hydrogens (tertiary/aromatic N) is 2. The molecule has 3 rings (SSSR count). The van der Waals surface area contributed by atoms with Gasteiger partial charge in [-0.25, -0.2) is 0 Å². The molecule has 1 fully saturated rings. The number of aryl methyl sites for hydroxylation is 2. The molecular formula is C20H25N3O. The second-order valence-electron chi connectivity index (χ2n) is 6.49. The summed E-state index contributed by atoms with van der Waals surface area (Å²) in [7, 11) is 0. The minimum Gasteiger partial charge on any atom is -0.372 e. The van der Waals surface area contributed by atoms with Crippen molar-refractivity contribution < 1.29 is 4.79 Å². The van der Waals surface area contributed by atoms with Crippen molar-refractivity contribution in [3.63, 3.8) is 0 Å². The molecule has 1 N–H and O–H groups in total. The summed E-state index contributed by atoms with van der Waals surface area (Å²) >= 11 is 0. The zero-order chi connectivity index (χ0) is 16.9. The molecule has 126 valence electrons. The minimum atomic E-state index is 0.0254. The number of aromatic amines is 1. The van der Waals surface area contributed by atoms with E-state index in [1.165, 1.54) is 31.4 Å². The number of allylic oxidation sites excluding steroid dienone is 1. The monoisotopic (exact) mass is 323 g/mol. The van der Waals surface area contributed by atoms with Gasteiger partial charge >= 0.3 is 0 Å². The molecule has 4 nitrogen and oxygen atoms in total. The summed E-state index contributed by atoms with van der Waals surface area (Å²) in [4.78, 5) is 14.8. The third-order valence-electron chi connectivity index (χ3n) is 4.71. The van der Waals surface area contributed by atoms with Gasteiger partial charge in [0.25, 0.3) is 0 Å². The van der Waals surface area contributed by atoms with Crippen molar-refractivity contribution >= 4 is 17.5 Å². The van der Waals surface area contributed by atoms with Gasteiger partial charge in [-0.3, -0.25) is 9.89 Å². The fraction of sp³-hybridized carbons (Fsp3) is 0.400. The Labute approximate surface area is 143 Å². The molecule has 0 spiro atoms. The average Bonchev–Trinajstić information content (AvgIpc) is 2.81. The van der Waals surface area contributed by atoms with Crippen molar-refractivity contribution in [3.05, 3.63) is 52.9 Å². The second-order valence-corrected chi connectivity index (χ2v) is 6.49. The number of hydrogen-bond acceptors (Lipinski definition) is 3. The number of benzene rings is 1. The van der Waals surface area contributed by atoms with Crippen molar-refractivity contribution in [2.75, 3.05) is 18.0 Å². The highest BCUT2D eigenvalue weighted by Crippen LogP contribution is 2.20. The Balaban J connectivity index is 1.69. The van der Waals surface area contributed by atoms with Gasteiger partial charge in [0.1, 0.15) is 0 Å². The largest absolute Gasteiger partial charge is 0.372 e. The summed E-state index contributed by atoms with van der Waals surface area (Å²) in [6, 6.07) is 8.01. The molecule has 0 saturated carbocycles. The lowest BCUT2D eigenvalue weighted by Crippen LogP contribution is -2.23. The second kappa shape index (κ2) is 7.47. The summed E-state index contributed by atoms with van der Waals surface area (Å²) in [5.74, 6) is 0.0254. The van der Waals surface area contributed by atoms with Crippen LogP contribution in [-0.2, 0) is 0 Å². The number of carbonyl (C=O) groups is 1. The van der Waals surface area contributed by atoms with Crippen molar-refractivity contribution in [1.29, 1.82) is 0 Å². The highest BCUT2D eigenvalue weighted by molar-refractivity contribution is 6.07. The Kier molecular flexibility index (Phi) is 5.14. The van der Waals surface area contributed by atoms with Crippen LogP contribution in [0.1, 0.15) is 53.0 Å². The van der Waals surface area contributed by atoms with Crippen LogP contribution in [0.2, 0.25) is 0 Å². The summed E-state index contributed by atoms with van der Waals surface area (Å²) < 4.78 is 0. The lowest BCUT2D eigenvalue weighted by atomic mass is 10.1. The molecule has 2 aromatic rings. The zero-order valence-corrected chi connectivity index (χ0v) is 14.5. The number of anilines is 1. The minimum absolute atomic E-state index is 0.0254. The van der Waals surface area contributed by atoms with Gasteiger partial charge in [-0.2, -0.15) is 5.10 Å². The maximum atomic E-state index is 12.4. The van der Waals surface area contributed by atoms with Crippen LogP contribution in [0.4, 0.5) is 5.69 Å². The predicted octanol–water partition coefficient (Wildman–Crippen LogP) is 4.30. The Morgan fingerprint density at radius 3 is 2.33 bits per heavy atom.